The summed E-state index contributed by atoms with van der Waals surface area (Å²) in [7, 11) is 1.64. The van der Waals surface area contributed by atoms with Gasteiger partial charge in [-0.2, -0.15) is 0 Å². The predicted molar refractivity (Wildman–Crippen MR) is 76.7 cm³/mol. The van der Waals surface area contributed by atoms with E-state index in [0.29, 0.717) is 0 Å². The molecule has 0 spiro atoms. The first-order valence-electron chi connectivity index (χ1n) is 5.40. The maximum absolute atomic E-state index is 13.0. The molecule has 0 saturated carbocycles. The highest BCUT2D eigenvalue weighted by Crippen LogP contribution is 2.29. The van der Waals surface area contributed by atoms with Gasteiger partial charge in [-0.15, -0.1) is 11.8 Å². The van der Waals surface area contributed by atoms with E-state index in [0.717, 1.165) is 26.4 Å². The summed E-state index contributed by atoms with van der Waals surface area (Å²) in [6, 6.07) is 12.6. The van der Waals surface area contributed by atoms with Gasteiger partial charge in [-0.1, -0.05) is 12.1 Å². The zero-order chi connectivity index (χ0) is 13.0. The van der Waals surface area contributed by atoms with Gasteiger partial charge in [0, 0.05) is 10.6 Å². The van der Waals surface area contributed by atoms with E-state index in [1.54, 1.807) is 31.0 Å². The Bertz CT molecular complexity index is 545. The third-order valence-electron chi connectivity index (χ3n) is 2.42. The summed E-state index contributed by atoms with van der Waals surface area (Å²) in [5, 5.41) is 0. The number of hydrogen-bond acceptors (Lipinski definition) is 2. The lowest BCUT2D eigenvalue weighted by Gasteiger charge is -2.06. The maximum Gasteiger partial charge on any atom is 0.133 e. The minimum Gasteiger partial charge on any atom is -0.496 e. The molecular weight excluding hydrogens is 315 g/mol. The van der Waals surface area contributed by atoms with Crippen molar-refractivity contribution in [1.82, 2.24) is 0 Å². The molecular formula is C14H12BrFOS. The second-order valence-electron chi connectivity index (χ2n) is 3.71. The number of halogens is 2. The van der Waals surface area contributed by atoms with Gasteiger partial charge in [-0.3, -0.25) is 0 Å². The fourth-order valence-electron chi connectivity index (χ4n) is 1.52. The second-order valence-corrected chi connectivity index (χ2v) is 5.62. The van der Waals surface area contributed by atoms with Gasteiger partial charge in [-0.25, -0.2) is 4.39 Å². The Morgan fingerprint density at radius 3 is 2.72 bits per heavy atom. The average molecular weight is 327 g/mol. The first-order chi connectivity index (χ1) is 8.69. The van der Waals surface area contributed by atoms with Gasteiger partial charge in [0.05, 0.1) is 11.6 Å². The molecule has 0 radical (unpaired) electrons. The standard InChI is InChI=1S/C14H12BrFOS/c1-17-14-6-5-10(7-13(14)15)9-18-12-4-2-3-11(16)8-12/h2-8H,9H2,1H3. The van der Waals surface area contributed by atoms with Crippen LogP contribution in [0.5, 0.6) is 5.75 Å². The van der Waals surface area contributed by atoms with Gasteiger partial charge in [0.15, 0.2) is 0 Å². The summed E-state index contributed by atoms with van der Waals surface area (Å²) in [4.78, 5) is 0.932. The van der Waals surface area contributed by atoms with Gasteiger partial charge in [0.1, 0.15) is 11.6 Å². The van der Waals surface area contributed by atoms with Gasteiger partial charge < -0.3 is 4.74 Å². The molecule has 4 heteroatoms. The summed E-state index contributed by atoms with van der Waals surface area (Å²) in [5.41, 5.74) is 1.16. The van der Waals surface area contributed by atoms with Crippen molar-refractivity contribution in [2.24, 2.45) is 0 Å². The molecule has 2 aromatic carbocycles. The predicted octanol–water partition coefficient (Wildman–Crippen LogP) is 4.89. The Balaban J connectivity index is 2.04. The fourth-order valence-corrected chi connectivity index (χ4v) is 2.99. The Kier molecular flexibility index (Phi) is 4.66. The number of hydrogen-bond donors (Lipinski definition) is 0. The molecule has 0 fully saturated rings. The Morgan fingerprint density at radius 1 is 1.22 bits per heavy atom. The minimum atomic E-state index is -0.198. The second kappa shape index (κ2) is 6.25. The summed E-state index contributed by atoms with van der Waals surface area (Å²) in [6.45, 7) is 0. The third-order valence-corrected chi connectivity index (χ3v) is 4.10. The molecule has 2 rings (SSSR count). The van der Waals surface area contributed by atoms with E-state index >= 15 is 0 Å². The molecule has 0 aliphatic carbocycles. The molecule has 94 valence electrons. The minimum absolute atomic E-state index is 0.198. The number of methoxy groups -OCH3 is 1. The van der Waals surface area contributed by atoms with Crippen molar-refractivity contribution in [2.45, 2.75) is 10.6 Å². The van der Waals surface area contributed by atoms with Gasteiger partial charge in [0.2, 0.25) is 0 Å². The van der Waals surface area contributed by atoms with Crippen molar-refractivity contribution in [1.29, 1.82) is 0 Å². The fraction of sp³-hybridized carbons (Fsp3) is 0.143. The smallest absolute Gasteiger partial charge is 0.133 e. The van der Waals surface area contributed by atoms with Crippen LogP contribution in [0.15, 0.2) is 51.8 Å². The number of ether oxygens (including phenoxy) is 1. The van der Waals surface area contributed by atoms with Gasteiger partial charge in [-0.05, 0) is 51.8 Å². The Hall–Kier alpha value is -1.00. The molecule has 0 aromatic heterocycles. The van der Waals surface area contributed by atoms with E-state index in [4.69, 9.17) is 4.74 Å². The van der Waals surface area contributed by atoms with E-state index < -0.39 is 0 Å². The molecule has 1 nitrogen and oxygen atoms in total. The van der Waals surface area contributed by atoms with Crippen molar-refractivity contribution in [3.05, 3.63) is 58.3 Å². The number of rotatable bonds is 4. The quantitative estimate of drug-likeness (QED) is 0.740. The highest BCUT2D eigenvalue weighted by atomic mass is 79.9. The third kappa shape index (κ3) is 3.50. The SMILES string of the molecule is COc1ccc(CSc2cccc(F)c2)cc1Br. The highest BCUT2D eigenvalue weighted by molar-refractivity contribution is 9.10. The molecule has 0 heterocycles. The maximum atomic E-state index is 13.0. The van der Waals surface area contributed by atoms with Crippen LogP contribution in [-0.2, 0) is 5.75 Å². The van der Waals surface area contributed by atoms with Crippen LogP contribution in [0.3, 0.4) is 0 Å². The topological polar surface area (TPSA) is 9.23 Å². The van der Waals surface area contributed by atoms with E-state index in [-0.39, 0.29) is 5.82 Å². The van der Waals surface area contributed by atoms with E-state index in [2.05, 4.69) is 15.9 Å². The molecule has 0 aliphatic heterocycles. The first kappa shape index (κ1) is 13.4. The lowest BCUT2D eigenvalue weighted by molar-refractivity contribution is 0.412. The molecule has 0 N–H and O–H groups in total. The Labute approximate surface area is 118 Å². The lowest BCUT2D eigenvalue weighted by atomic mass is 10.2. The monoisotopic (exact) mass is 326 g/mol. The number of thioether (sulfide) groups is 1. The zero-order valence-electron chi connectivity index (χ0n) is 9.82. The molecule has 2 aromatic rings. The van der Waals surface area contributed by atoms with Crippen molar-refractivity contribution in [2.75, 3.05) is 7.11 Å². The lowest BCUT2D eigenvalue weighted by Crippen LogP contribution is -1.87. The van der Waals surface area contributed by atoms with Crippen molar-refractivity contribution in [3.63, 3.8) is 0 Å². The molecule has 0 saturated heterocycles. The largest absolute Gasteiger partial charge is 0.496 e. The van der Waals surface area contributed by atoms with Crippen LogP contribution in [0, 0.1) is 5.82 Å². The van der Waals surface area contributed by atoms with Crippen molar-refractivity contribution < 1.29 is 9.13 Å². The van der Waals surface area contributed by atoms with Crippen LogP contribution >= 0.6 is 27.7 Å². The zero-order valence-corrected chi connectivity index (χ0v) is 12.2. The molecule has 18 heavy (non-hydrogen) atoms. The molecule has 0 unspecified atom stereocenters. The highest BCUT2D eigenvalue weighted by Gasteiger charge is 2.02. The van der Waals surface area contributed by atoms with E-state index in [1.165, 1.54) is 6.07 Å². The molecule has 0 aliphatic rings. The summed E-state index contributed by atoms with van der Waals surface area (Å²) in [5.74, 6) is 1.41. The molecule has 0 amide bonds. The Morgan fingerprint density at radius 2 is 2.06 bits per heavy atom. The molecule has 0 bridgehead atoms. The van der Waals surface area contributed by atoms with Crippen LogP contribution in [0.2, 0.25) is 0 Å². The van der Waals surface area contributed by atoms with Gasteiger partial charge >= 0.3 is 0 Å². The van der Waals surface area contributed by atoms with Crippen LogP contribution in [0.1, 0.15) is 5.56 Å². The number of benzene rings is 2. The van der Waals surface area contributed by atoms with Crippen molar-refractivity contribution >= 4 is 27.7 Å². The van der Waals surface area contributed by atoms with Crippen LogP contribution in [0.4, 0.5) is 4.39 Å². The van der Waals surface area contributed by atoms with Crippen molar-refractivity contribution in [3.8, 4) is 5.75 Å². The van der Waals surface area contributed by atoms with Crippen LogP contribution < -0.4 is 4.74 Å². The average Bonchev–Trinajstić information content (AvgIpc) is 2.37. The first-order valence-corrected chi connectivity index (χ1v) is 7.17. The van der Waals surface area contributed by atoms with E-state index in [9.17, 15) is 4.39 Å². The molecule has 0 atom stereocenters. The van der Waals surface area contributed by atoms with Crippen LogP contribution in [-0.4, -0.2) is 7.11 Å². The normalized spacial score (nSPS) is 10.4. The van der Waals surface area contributed by atoms with E-state index in [1.807, 2.05) is 24.3 Å². The summed E-state index contributed by atoms with van der Waals surface area (Å²) in [6.07, 6.45) is 0. The van der Waals surface area contributed by atoms with Crippen LogP contribution in [0.25, 0.3) is 0 Å². The summed E-state index contributed by atoms with van der Waals surface area (Å²) < 4.78 is 19.1. The van der Waals surface area contributed by atoms with Gasteiger partial charge in [0.25, 0.3) is 0 Å². The summed E-state index contributed by atoms with van der Waals surface area (Å²) >= 11 is 5.06.